The van der Waals surface area contributed by atoms with Crippen molar-refractivity contribution in [2.24, 2.45) is 5.92 Å². The number of carboxylic acids is 1. The highest BCUT2D eigenvalue weighted by Crippen LogP contribution is 2.15. The van der Waals surface area contributed by atoms with E-state index in [1.165, 1.54) is 0 Å². The van der Waals surface area contributed by atoms with Gasteiger partial charge in [0.1, 0.15) is 6.04 Å². The number of aromatic amines is 1. The molecule has 0 saturated heterocycles. The van der Waals surface area contributed by atoms with Crippen LogP contribution in [0.1, 0.15) is 30.6 Å². The molecule has 0 aliphatic carbocycles. The minimum atomic E-state index is -1.00. The van der Waals surface area contributed by atoms with Crippen LogP contribution in [0.4, 0.5) is 0 Å². The maximum atomic E-state index is 12.1. The average molecular weight is 274 g/mol. The number of rotatable bonds is 5. The van der Waals surface area contributed by atoms with Crippen molar-refractivity contribution in [1.82, 2.24) is 10.3 Å². The predicted molar refractivity (Wildman–Crippen MR) is 76.6 cm³/mol. The fourth-order valence-corrected chi connectivity index (χ4v) is 2.13. The number of carboxylic acid groups (broad SMARTS) is 1. The van der Waals surface area contributed by atoms with Gasteiger partial charge in [0.2, 0.25) is 0 Å². The number of aliphatic carboxylic acids is 1. The Morgan fingerprint density at radius 2 is 2.05 bits per heavy atom. The highest BCUT2D eigenvalue weighted by atomic mass is 16.4. The lowest BCUT2D eigenvalue weighted by atomic mass is 10.0. The maximum absolute atomic E-state index is 12.1. The molecule has 1 heterocycles. The van der Waals surface area contributed by atoms with E-state index < -0.39 is 12.0 Å². The fourth-order valence-electron chi connectivity index (χ4n) is 2.13. The number of amides is 1. The van der Waals surface area contributed by atoms with Crippen molar-refractivity contribution in [3.05, 3.63) is 36.0 Å². The topological polar surface area (TPSA) is 82.2 Å². The smallest absolute Gasteiger partial charge is 0.326 e. The fraction of sp³-hybridized carbons (Fsp3) is 0.333. The Kier molecular flexibility index (Phi) is 4.08. The Hall–Kier alpha value is -2.30. The molecule has 0 fully saturated rings. The first-order valence-corrected chi connectivity index (χ1v) is 6.58. The lowest BCUT2D eigenvalue weighted by molar-refractivity contribution is -0.139. The van der Waals surface area contributed by atoms with Crippen molar-refractivity contribution in [3.8, 4) is 0 Å². The van der Waals surface area contributed by atoms with E-state index in [1.807, 2.05) is 26.0 Å². The number of benzene rings is 1. The lowest BCUT2D eigenvalue weighted by Crippen LogP contribution is -2.41. The molecule has 0 aliphatic rings. The Morgan fingerprint density at radius 3 is 2.70 bits per heavy atom. The Bertz CT molecular complexity index is 631. The van der Waals surface area contributed by atoms with Crippen molar-refractivity contribution in [2.75, 3.05) is 0 Å². The van der Waals surface area contributed by atoms with Crippen molar-refractivity contribution in [1.29, 1.82) is 0 Å². The molecule has 0 saturated carbocycles. The second-order valence-electron chi connectivity index (χ2n) is 5.27. The van der Waals surface area contributed by atoms with Gasteiger partial charge in [-0.25, -0.2) is 4.79 Å². The number of aromatic nitrogens is 1. The Balaban J connectivity index is 2.15. The average Bonchev–Trinajstić information content (AvgIpc) is 2.84. The molecule has 1 aromatic carbocycles. The minimum absolute atomic E-state index is 0.198. The van der Waals surface area contributed by atoms with Crippen LogP contribution in [0.15, 0.2) is 30.5 Å². The van der Waals surface area contributed by atoms with Gasteiger partial charge in [0.25, 0.3) is 5.91 Å². The van der Waals surface area contributed by atoms with E-state index in [1.54, 1.807) is 18.3 Å². The highest BCUT2D eigenvalue weighted by Gasteiger charge is 2.21. The van der Waals surface area contributed by atoms with Gasteiger partial charge in [0.05, 0.1) is 0 Å². The summed E-state index contributed by atoms with van der Waals surface area (Å²) >= 11 is 0. The van der Waals surface area contributed by atoms with Gasteiger partial charge in [0, 0.05) is 22.7 Å². The summed E-state index contributed by atoms with van der Waals surface area (Å²) in [4.78, 5) is 26.3. The molecule has 0 spiro atoms. The summed E-state index contributed by atoms with van der Waals surface area (Å²) in [5.41, 5.74) is 1.41. The number of carbonyl (C=O) groups excluding carboxylic acids is 1. The molecule has 5 heteroatoms. The summed E-state index contributed by atoms with van der Waals surface area (Å²) in [6, 6.07) is 6.25. The number of H-pyrrole nitrogens is 1. The van der Waals surface area contributed by atoms with Crippen LogP contribution in [0.2, 0.25) is 0 Å². The van der Waals surface area contributed by atoms with Gasteiger partial charge in [0.15, 0.2) is 0 Å². The van der Waals surface area contributed by atoms with E-state index in [0.717, 1.165) is 10.9 Å². The number of carbonyl (C=O) groups is 2. The highest BCUT2D eigenvalue weighted by molar-refractivity contribution is 5.99. The summed E-state index contributed by atoms with van der Waals surface area (Å²) in [7, 11) is 0. The number of nitrogens with one attached hydrogen (secondary N) is 2. The first kappa shape index (κ1) is 14.1. The first-order chi connectivity index (χ1) is 9.47. The third-order valence-corrected chi connectivity index (χ3v) is 3.13. The van der Waals surface area contributed by atoms with Crippen molar-refractivity contribution in [2.45, 2.75) is 26.3 Å². The summed E-state index contributed by atoms with van der Waals surface area (Å²) in [6.45, 7) is 3.85. The van der Waals surface area contributed by atoms with Gasteiger partial charge < -0.3 is 15.4 Å². The summed E-state index contributed by atoms with van der Waals surface area (Å²) in [5.74, 6) is -1.17. The second-order valence-corrected chi connectivity index (χ2v) is 5.27. The molecule has 0 radical (unpaired) electrons. The molecule has 20 heavy (non-hydrogen) atoms. The molecular weight excluding hydrogens is 256 g/mol. The van der Waals surface area contributed by atoms with Crippen LogP contribution in [0, 0.1) is 5.92 Å². The molecule has 0 unspecified atom stereocenters. The number of hydrogen-bond acceptors (Lipinski definition) is 2. The predicted octanol–water partition coefficient (Wildman–Crippen LogP) is 2.40. The molecule has 5 nitrogen and oxygen atoms in total. The van der Waals surface area contributed by atoms with Crippen molar-refractivity contribution in [3.63, 3.8) is 0 Å². The van der Waals surface area contributed by atoms with E-state index in [2.05, 4.69) is 10.3 Å². The van der Waals surface area contributed by atoms with E-state index in [9.17, 15) is 9.59 Å². The molecule has 1 amide bonds. The first-order valence-electron chi connectivity index (χ1n) is 6.58. The molecule has 2 aromatic rings. The van der Waals surface area contributed by atoms with Gasteiger partial charge in [-0.3, -0.25) is 4.79 Å². The molecule has 106 valence electrons. The normalized spacial score (nSPS) is 12.6. The van der Waals surface area contributed by atoms with Gasteiger partial charge in [-0.1, -0.05) is 13.8 Å². The zero-order chi connectivity index (χ0) is 14.7. The Morgan fingerprint density at radius 1 is 1.30 bits per heavy atom. The quantitative estimate of drug-likeness (QED) is 0.783. The zero-order valence-electron chi connectivity index (χ0n) is 11.5. The van der Waals surface area contributed by atoms with Crippen LogP contribution in [-0.2, 0) is 4.79 Å². The van der Waals surface area contributed by atoms with Crippen LogP contribution in [0.25, 0.3) is 10.9 Å². The largest absolute Gasteiger partial charge is 0.480 e. The van der Waals surface area contributed by atoms with Crippen molar-refractivity contribution < 1.29 is 14.7 Å². The van der Waals surface area contributed by atoms with Crippen LogP contribution >= 0.6 is 0 Å². The van der Waals surface area contributed by atoms with E-state index in [4.69, 9.17) is 5.11 Å². The van der Waals surface area contributed by atoms with Crippen LogP contribution < -0.4 is 5.32 Å². The van der Waals surface area contributed by atoms with Crippen LogP contribution in [0.5, 0.6) is 0 Å². The molecule has 2 rings (SSSR count). The summed E-state index contributed by atoms with van der Waals surface area (Å²) in [6.07, 6.45) is 2.21. The van der Waals surface area contributed by atoms with Gasteiger partial charge >= 0.3 is 5.97 Å². The molecule has 0 aliphatic heterocycles. The lowest BCUT2D eigenvalue weighted by Gasteiger charge is -2.16. The van der Waals surface area contributed by atoms with E-state index in [-0.39, 0.29) is 11.8 Å². The van der Waals surface area contributed by atoms with E-state index >= 15 is 0 Å². The number of fused-ring (bicyclic) bond motifs is 1. The minimum Gasteiger partial charge on any atom is -0.480 e. The number of hydrogen-bond donors (Lipinski definition) is 3. The van der Waals surface area contributed by atoms with Gasteiger partial charge in [-0.05, 0) is 36.6 Å². The molecular formula is C15H18N2O3. The van der Waals surface area contributed by atoms with E-state index in [0.29, 0.717) is 12.0 Å². The zero-order valence-corrected chi connectivity index (χ0v) is 11.5. The van der Waals surface area contributed by atoms with Crippen LogP contribution in [-0.4, -0.2) is 28.0 Å². The maximum Gasteiger partial charge on any atom is 0.326 e. The molecule has 3 N–H and O–H groups in total. The van der Waals surface area contributed by atoms with Gasteiger partial charge in [-0.15, -0.1) is 0 Å². The standard InChI is InChI=1S/C15H18N2O3/c1-9(2)7-13(15(19)20)17-14(18)11-3-4-12-10(8-11)5-6-16-12/h3-6,8-9,13,16H,7H2,1-2H3,(H,17,18)(H,19,20)/t13-/m1/s1. The molecule has 0 bridgehead atoms. The SMILES string of the molecule is CC(C)C[C@@H](NC(=O)c1ccc2[nH]ccc2c1)C(=O)O. The summed E-state index contributed by atoms with van der Waals surface area (Å²) < 4.78 is 0. The third-order valence-electron chi connectivity index (χ3n) is 3.13. The Labute approximate surface area is 117 Å². The second kappa shape index (κ2) is 5.77. The van der Waals surface area contributed by atoms with Gasteiger partial charge in [-0.2, -0.15) is 0 Å². The third kappa shape index (κ3) is 3.17. The van der Waals surface area contributed by atoms with Crippen LogP contribution in [0.3, 0.4) is 0 Å². The summed E-state index contributed by atoms with van der Waals surface area (Å²) in [5, 5.41) is 12.6. The monoisotopic (exact) mass is 274 g/mol. The molecule has 1 atom stereocenters. The van der Waals surface area contributed by atoms with Crippen molar-refractivity contribution >= 4 is 22.8 Å². The molecule has 1 aromatic heterocycles.